The number of piperazine rings is 1. The maximum atomic E-state index is 12.6. The van der Waals surface area contributed by atoms with Gasteiger partial charge in [0.2, 0.25) is 0 Å². The van der Waals surface area contributed by atoms with Gasteiger partial charge in [-0.05, 0) is 39.0 Å². The Hall–Kier alpha value is -1.89. The van der Waals surface area contributed by atoms with E-state index in [1.807, 2.05) is 11.0 Å². The van der Waals surface area contributed by atoms with E-state index in [9.17, 15) is 4.79 Å². The van der Waals surface area contributed by atoms with E-state index < -0.39 is 0 Å². The molecule has 0 aromatic carbocycles. The van der Waals surface area contributed by atoms with Gasteiger partial charge in [-0.2, -0.15) is 0 Å². The van der Waals surface area contributed by atoms with Crippen molar-refractivity contribution in [2.75, 3.05) is 42.9 Å². The van der Waals surface area contributed by atoms with E-state index >= 15 is 0 Å². The molecular weight excluding hydrogens is 340 g/mol. The second kappa shape index (κ2) is 8.42. The molecular formula is C20H32N6O. The maximum Gasteiger partial charge on any atom is 0.323 e. The molecule has 3 fully saturated rings. The molecule has 7 nitrogen and oxygen atoms in total. The third-order valence-electron chi connectivity index (χ3n) is 6.43. The Kier molecular flexibility index (Phi) is 5.76. The maximum absolute atomic E-state index is 12.6. The van der Waals surface area contributed by atoms with Gasteiger partial charge in [-0.3, -0.25) is 10.2 Å². The van der Waals surface area contributed by atoms with Gasteiger partial charge in [0.15, 0.2) is 0 Å². The van der Waals surface area contributed by atoms with Gasteiger partial charge in [-0.15, -0.1) is 0 Å². The first-order valence-electron chi connectivity index (χ1n) is 10.6. The molecule has 2 amide bonds. The van der Waals surface area contributed by atoms with Gasteiger partial charge in [0.25, 0.3) is 0 Å². The zero-order valence-corrected chi connectivity index (χ0v) is 16.4. The second-order valence-electron chi connectivity index (χ2n) is 8.19. The number of likely N-dealkylation sites (tertiary alicyclic amines) is 1. The quantitative estimate of drug-likeness (QED) is 0.884. The molecule has 3 heterocycles. The molecule has 1 aliphatic carbocycles. The van der Waals surface area contributed by atoms with Crippen LogP contribution in [0, 0.1) is 0 Å². The normalized spacial score (nSPS) is 25.0. The van der Waals surface area contributed by atoms with Crippen LogP contribution in [-0.4, -0.2) is 70.6 Å². The highest BCUT2D eigenvalue weighted by Gasteiger charge is 2.27. The van der Waals surface area contributed by atoms with Crippen molar-refractivity contribution in [2.45, 2.75) is 64.0 Å². The fourth-order valence-corrected chi connectivity index (χ4v) is 4.76. The number of rotatable bonds is 3. The predicted molar refractivity (Wildman–Crippen MR) is 107 cm³/mol. The summed E-state index contributed by atoms with van der Waals surface area (Å²) in [5.74, 6) is 1.51. The molecule has 1 atom stereocenters. The molecule has 148 valence electrons. The lowest BCUT2D eigenvalue weighted by Gasteiger charge is -2.38. The largest absolute Gasteiger partial charge is 0.354 e. The van der Waals surface area contributed by atoms with Crippen LogP contribution < -0.4 is 10.2 Å². The Balaban J connectivity index is 1.34. The lowest BCUT2D eigenvalue weighted by molar-refractivity contribution is 0.170. The number of anilines is 2. The lowest BCUT2D eigenvalue weighted by Crippen LogP contribution is -2.50. The number of urea groups is 1. The van der Waals surface area contributed by atoms with Crippen molar-refractivity contribution >= 4 is 17.7 Å². The fourth-order valence-electron chi connectivity index (χ4n) is 4.76. The van der Waals surface area contributed by atoms with E-state index in [2.05, 4.69) is 32.0 Å². The van der Waals surface area contributed by atoms with E-state index in [1.54, 1.807) is 6.33 Å². The van der Waals surface area contributed by atoms with Crippen LogP contribution in [0.5, 0.6) is 0 Å². The first-order chi connectivity index (χ1) is 13.2. The van der Waals surface area contributed by atoms with Crippen molar-refractivity contribution in [1.29, 1.82) is 0 Å². The summed E-state index contributed by atoms with van der Waals surface area (Å²) in [6.07, 6.45) is 10.4. The van der Waals surface area contributed by atoms with Crippen LogP contribution in [0.1, 0.15) is 51.9 Å². The predicted octanol–water partition coefficient (Wildman–Crippen LogP) is 2.95. The summed E-state index contributed by atoms with van der Waals surface area (Å²) in [5.41, 5.74) is 0. The molecule has 1 unspecified atom stereocenters. The summed E-state index contributed by atoms with van der Waals surface area (Å²) in [4.78, 5) is 28.2. The summed E-state index contributed by atoms with van der Waals surface area (Å²) >= 11 is 0. The third kappa shape index (κ3) is 4.34. The van der Waals surface area contributed by atoms with Crippen molar-refractivity contribution < 1.29 is 4.79 Å². The Morgan fingerprint density at radius 3 is 2.48 bits per heavy atom. The van der Waals surface area contributed by atoms with Gasteiger partial charge in [0.1, 0.15) is 18.0 Å². The van der Waals surface area contributed by atoms with Gasteiger partial charge in [0.05, 0.1) is 0 Å². The molecule has 0 bridgehead atoms. The number of hydrogen-bond donors (Lipinski definition) is 1. The van der Waals surface area contributed by atoms with Gasteiger partial charge in [-0.1, -0.05) is 12.8 Å². The summed E-state index contributed by atoms with van der Waals surface area (Å²) in [6.45, 7) is 7.12. The van der Waals surface area contributed by atoms with E-state index in [0.717, 1.165) is 57.4 Å². The van der Waals surface area contributed by atoms with E-state index in [1.165, 1.54) is 32.1 Å². The highest BCUT2D eigenvalue weighted by molar-refractivity contribution is 5.88. The van der Waals surface area contributed by atoms with E-state index in [0.29, 0.717) is 11.9 Å². The van der Waals surface area contributed by atoms with Crippen LogP contribution in [0.15, 0.2) is 12.4 Å². The molecule has 7 heteroatoms. The van der Waals surface area contributed by atoms with Gasteiger partial charge >= 0.3 is 6.03 Å². The summed E-state index contributed by atoms with van der Waals surface area (Å²) in [7, 11) is 0. The molecule has 2 saturated heterocycles. The van der Waals surface area contributed by atoms with Crippen molar-refractivity contribution in [3.8, 4) is 0 Å². The molecule has 0 radical (unpaired) electrons. The first kappa shape index (κ1) is 18.5. The first-order valence-corrected chi connectivity index (χ1v) is 10.6. The number of carbonyl (C=O) groups is 1. The molecule has 1 aromatic rings. The van der Waals surface area contributed by atoms with Crippen LogP contribution in [0.25, 0.3) is 0 Å². The van der Waals surface area contributed by atoms with Crippen LogP contribution in [0.4, 0.5) is 16.4 Å². The summed E-state index contributed by atoms with van der Waals surface area (Å²) < 4.78 is 0. The molecule has 27 heavy (non-hydrogen) atoms. The SMILES string of the molecule is CC1CCCCN1C(=O)Nc1cc(N2CCN(C3CCCC3)CC2)ncn1. The lowest BCUT2D eigenvalue weighted by atomic mass is 10.0. The minimum Gasteiger partial charge on any atom is -0.354 e. The van der Waals surface area contributed by atoms with Gasteiger partial charge in [0, 0.05) is 50.9 Å². The number of nitrogens with one attached hydrogen (secondary N) is 1. The Bertz CT molecular complexity index is 639. The van der Waals surface area contributed by atoms with E-state index in [4.69, 9.17) is 0 Å². The van der Waals surface area contributed by atoms with Crippen molar-refractivity contribution in [2.24, 2.45) is 0 Å². The van der Waals surface area contributed by atoms with Crippen LogP contribution in [0.3, 0.4) is 0 Å². The third-order valence-corrected chi connectivity index (χ3v) is 6.43. The number of aromatic nitrogens is 2. The number of piperidine rings is 1. The molecule has 3 aliphatic rings. The Morgan fingerprint density at radius 2 is 1.74 bits per heavy atom. The van der Waals surface area contributed by atoms with Crippen molar-refractivity contribution in [3.05, 3.63) is 12.4 Å². The highest BCUT2D eigenvalue weighted by Crippen LogP contribution is 2.25. The van der Waals surface area contributed by atoms with Gasteiger partial charge in [-0.25, -0.2) is 14.8 Å². The minimum absolute atomic E-state index is 0.0436. The zero-order valence-electron chi connectivity index (χ0n) is 16.4. The van der Waals surface area contributed by atoms with Crippen molar-refractivity contribution in [3.63, 3.8) is 0 Å². The second-order valence-corrected chi connectivity index (χ2v) is 8.19. The molecule has 1 aromatic heterocycles. The monoisotopic (exact) mass is 372 g/mol. The van der Waals surface area contributed by atoms with Crippen LogP contribution in [0.2, 0.25) is 0 Å². The highest BCUT2D eigenvalue weighted by atomic mass is 16.2. The summed E-state index contributed by atoms with van der Waals surface area (Å²) in [5, 5.41) is 2.97. The van der Waals surface area contributed by atoms with Crippen LogP contribution >= 0.6 is 0 Å². The Labute approximate surface area is 162 Å². The average molecular weight is 373 g/mol. The molecule has 1 N–H and O–H groups in total. The Morgan fingerprint density at radius 1 is 1.00 bits per heavy atom. The number of nitrogens with zero attached hydrogens (tertiary/aromatic N) is 5. The molecule has 2 aliphatic heterocycles. The minimum atomic E-state index is -0.0436. The van der Waals surface area contributed by atoms with Crippen molar-refractivity contribution in [1.82, 2.24) is 19.8 Å². The smallest absolute Gasteiger partial charge is 0.323 e. The van der Waals surface area contributed by atoms with Gasteiger partial charge < -0.3 is 9.80 Å². The zero-order chi connectivity index (χ0) is 18.6. The van der Waals surface area contributed by atoms with Crippen LogP contribution in [-0.2, 0) is 0 Å². The fraction of sp³-hybridized carbons (Fsp3) is 0.750. The average Bonchev–Trinajstić information content (AvgIpc) is 3.23. The molecule has 1 saturated carbocycles. The number of hydrogen-bond acceptors (Lipinski definition) is 5. The standard InChI is InChI=1S/C20H32N6O/c1-16-6-4-5-9-26(16)20(27)23-18-14-19(22-15-21-18)25-12-10-24(11-13-25)17-7-2-3-8-17/h14-17H,2-13H2,1H3,(H,21,22,23,27). The summed E-state index contributed by atoms with van der Waals surface area (Å²) in [6, 6.07) is 2.96. The molecule has 0 spiro atoms. The van der Waals surface area contributed by atoms with E-state index in [-0.39, 0.29) is 6.03 Å². The molecule has 4 rings (SSSR count). The topological polar surface area (TPSA) is 64.6 Å². The number of carbonyl (C=O) groups excluding carboxylic acids is 1. The number of amides is 2.